The molecule has 1 heterocycles. The molecule has 0 amide bonds. The smallest absolute Gasteiger partial charge is 0.0743 e. The van der Waals surface area contributed by atoms with Gasteiger partial charge in [0, 0.05) is 23.6 Å². The lowest BCUT2D eigenvalue weighted by molar-refractivity contribution is 0.495. The van der Waals surface area contributed by atoms with Gasteiger partial charge in [-0.3, -0.25) is 4.68 Å². The quantitative estimate of drug-likeness (QED) is 0.839. The lowest BCUT2D eigenvalue weighted by Crippen LogP contribution is -2.16. The topological polar surface area (TPSA) is 41.6 Å². The van der Waals surface area contributed by atoms with Crippen LogP contribution in [0, 0.1) is 11.3 Å². The Kier molecular flexibility index (Phi) is 4.29. The zero-order valence-corrected chi connectivity index (χ0v) is 13.4. The number of nitriles is 1. The van der Waals surface area contributed by atoms with Gasteiger partial charge >= 0.3 is 0 Å². The molecular formula is C19H23N3. The fourth-order valence-electron chi connectivity index (χ4n) is 3.68. The zero-order valence-electron chi connectivity index (χ0n) is 13.4. The minimum Gasteiger partial charge on any atom is -0.262 e. The highest BCUT2D eigenvalue weighted by atomic mass is 15.3. The first kappa shape index (κ1) is 14.8. The van der Waals surface area contributed by atoms with E-state index < -0.39 is 0 Å². The van der Waals surface area contributed by atoms with E-state index in [-0.39, 0.29) is 6.04 Å². The Morgan fingerprint density at radius 3 is 2.82 bits per heavy atom. The first-order chi connectivity index (χ1) is 10.8. The average Bonchev–Trinajstić information content (AvgIpc) is 2.95. The van der Waals surface area contributed by atoms with E-state index in [9.17, 15) is 0 Å². The third-order valence-corrected chi connectivity index (χ3v) is 4.82. The third kappa shape index (κ3) is 2.54. The van der Waals surface area contributed by atoms with Crippen molar-refractivity contribution in [2.45, 2.75) is 57.9 Å². The van der Waals surface area contributed by atoms with Gasteiger partial charge in [0.05, 0.1) is 17.8 Å². The molecule has 0 bridgehead atoms. The lowest BCUT2D eigenvalue weighted by atomic mass is 9.83. The molecule has 0 fully saturated rings. The number of aromatic nitrogens is 2. The summed E-state index contributed by atoms with van der Waals surface area (Å²) in [5.74, 6) is 0.375. The number of hydrogen-bond acceptors (Lipinski definition) is 2. The zero-order chi connectivity index (χ0) is 15.5. The van der Waals surface area contributed by atoms with Crippen molar-refractivity contribution in [3.63, 3.8) is 0 Å². The lowest BCUT2D eigenvalue weighted by Gasteiger charge is -2.24. The van der Waals surface area contributed by atoms with E-state index in [0.29, 0.717) is 12.3 Å². The van der Waals surface area contributed by atoms with Crippen LogP contribution in [0.1, 0.15) is 67.6 Å². The van der Waals surface area contributed by atoms with Crippen LogP contribution in [0.15, 0.2) is 30.3 Å². The van der Waals surface area contributed by atoms with Gasteiger partial charge in [0.2, 0.25) is 0 Å². The molecule has 3 heteroatoms. The molecule has 0 saturated heterocycles. The second-order valence-corrected chi connectivity index (χ2v) is 6.14. The molecule has 0 saturated carbocycles. The maximum Gasteiger partial charge on any atom is 0.0743 e. The van der Waals surface area contributed by atoms with E-state index in [1.54, 1.807) is 0 Å². The van der Waals surface area contributed by atoms with Gasteiger partial charge in [-0.25, -0.2) is 0 Å². The fraction of sp³-hybridized carbons (Fsp3) is 0.474. The Balaban J connectivity index is 2.05. The van der Waals surface area contributed by atoms with Crippen molar-refractivity contribution >= 4 is 0 Å². The average molecular weight is 293 g/mol. The van der Waals surface area contributed by atoms with E-state index in [2.05, 4.69) is 54.9 Å². The summed E-state index contributed by atoms with van der Waals surface area (Å²) in [6.07, 6.45) is 4.93. The highest BCUT2D eigenvalue weighted by Crippen LogP contribution is 2.38. The van der Waals surface area contributed by atoms with Gasteiger partial charge in [0.1, 0.15) is 0 Å². The van der Waals surface area contributed by atoms with Gasteiger partial charge in [-0.05, 0) is 38.2 Å². The maximum absolute atomic E-state index is 9.12. The van der Waals surface area contributed by atoms with Gasteiger partial charge in [-0.1, -0.05) is 37.3 Å². The van der Waals surface area contributed by atoms with Crippen LogP contribution < -0.4 is 0 Å². The fourth-order valence-corrected chi connectivity index (χ4v) is 3.68. The summed E-state index contributed by atoms with van der Waals surface area (Å²) >= 11 is 0. The number of benzene rings is 1. The molecular weight excluding hydrogens is 270 g/mol. The van der Waals surface area contributed by atoms with Crippen molar-refractivity contribution in [1.29, 1.82) is 5.26 Å². The molecule has 1 aromatic heterocycles. The highest BCUT2D eigenvalue weighted by Gasteiger charge is 2.29. The number of fused-ring (bicyclic) bond motifs is 1. The molecule has 22 heavy (non-hydrogen) atoms. The second kappa shape index (κ2) is 6.36. The predicted octanol–water partition coefficient (Wildman–Crippen LogP) is 4.39. The van der Waals surface area contributed by atoms with E-state index in [0.717, 1.165) is 25.7 Å². The molecule has 0 aliphatic heterocycles. The summed E-state index contributed by atoms with van der Waals surface area (Å²) in [7, 11) is 0. The summed E-state index contributed by atoms with van der Waals surface area (Å²) in [6.45, 7) is 4.38. The Bertz CT molecular complexity index is 679. The van der Waals surface area contributed by atoms with Crippen molar-refractivity contribution in [2.24, 2.45) is 0 Å². The Hall–Kier alpha value is -2.08. The molecule has 0 radical (unpaired) electrons. The minimum atomic E-state index is 0.246. The summed E-state index contributed by atoms with van der Waals surface area (Å²) in [5, 5.41) is 14.1. The molecule has 0 N–H and O–H groups in total. The van der Waals surface area contributed by atoms with Gasteiger partial charge in [-0.15, -0.1) is 0 Å². The van der Waals surface area contributed by atoms with Crippen LogP contribution in [0.25, 0.3) is 0 Å². The van der Waals surface area contributed by atoms with Crippen LogP contribution in [0.2, 0.25) is 0 Å². The third-order valence-electron chi connectivity index (χ3n) is 4.82. The molecule has 1 aromatic carbocycles. The summed E-state index contributed by atoms with van der Waals surface area (Å²) in [6, 6.07) is 13.2. The minimum absolute atomic E-state index is 0.246. The number of hydrogen-bond donors (Lipinski definition) is 0. The number of rotatable bonds is 4. The van der Waals surface area contributed by atoms with Crippen LogP contribution in [0.5, 0.6) is 0 Å². The Morgan fingerprint density at radius 2 is 2.14 bits per heavy atom. The van der Waals surface area contributed by atoms with Crippen LogP contribution in [-0.4, -0.2) is 9.78 Å². The highest BCUT2D eigenvalue weighted by molar-refractivity contribution is 5.35. The molecule has 2 unspecified atom stereocenters. The first-order valence-electron chi connectivity index (χ1n) is 8.28. The molecule has 3 nitrogen and oxygen atoms in total. The van der Waals surface area contributed by atoms with E-state index in [1.807, 2.05) is 0 Å². The Labute approximate surface area is 132 Å². The van der Waals surface area contributed by atoms with Crippen LogP contribution in [0.4, 0.5) is 0 Å². The van der Waals surface area contributed by atoms with Gasteiger partial charge in [0.25, 0.3) is 0 Å². The van der Waals surface area contributed by atoms with Crippen molar-refractivity contribution < 1.29 is 0 Å². The first-order valence-corrected chi connectivity index (χ1v) is 8.28. The maximum atomic E-state index is 9.12. The van der Waals surface area contributed by atoms with Crippen LogP contribution in [0.3, 0.4) is 0 Å². The van der Waals surface area contributed by atoms with E-state index >= 15 is 0 Å². The molecule has 114 valence electrons. The normalized spacial score (nSPS) is 18.5. The second-order valence-electron chi connectivity index (χ2n) is 6.14. The van der Waals surface area contributed by atoms with Gasteiger partial charge in [0.15, 0.2) is 0 Å². The molecule has 0 spiro atoms. The van der Waals surface area contributed by atoms with Crippen molar-refractivity contribution in [1.82, 2.24) is 9.78 Å². The standard InChI is InChI=1S/C19H23N3/c1-3-17-19-16(12-13-20)10-7-11-18(19)22(21-17)14(2)15-8-5-4-6-9-15/h4-6,8-9,14,16H,3,7,10-12H2,1-2H3. The summed E-state index contributed by atoms with van der Waals surface area (Å²) < 4.78 is 2.22. The van der Waals surface area contributed by atoms with Crippen molar-refractivity contribution in [2.75, 3.05) is 0 Å². The number of aryl methyl sites for hydroxylation is 1. The van der Waals surface area contributed by atoms with Crippen LogP contribution >= 0.6 is 0 Å². The van der Waals surface area contributed by atoms with Gasteiger partial charge < -0.3 is 0 Å². The van der Waals surface area contributed by atoms with Crippen LogP contribution in [-0.2, 0) is 12.8 Å². The monoisotopic (exact) mass is 293 g/mol. The molecule has 1 aliphatic rings. The number of nitrogens with zero attached hydrogens (tertiary/aromatic N) is 3. The van der Waals surface area contributed by atoms with Crippen molar-refractivity contribution in [3.05, 3.63) is 52.8 Å². The van der Waals surface area contributed by atoms with Gasteiger partial charge in [-0.2, -0.15) is 10.4 Å². The van der Waals surface area contributed by atoms with E-state index in [1.165, 1.54) is 22.5 Å². The summed E-state index contributed by atoms with van der Waals surface area (Å²) in [5.41, 5.74) is 5.22. The predicted molar refractivity (Wildman–Crippen MR) is 87.8 cm³/mol. The largest absolute Gasteiger partial charge is 0.262 e. The van der Waals surface area contributed by atoms with Crippen molar-refractivity contribution in [3.8, 4) is 6.07 Å². The molecule has 2 atom stereocenters. The van der Waals surface area contributed by atoms with E-state index in [4.69, 9.17) is 10.4 Å². The molecule has 2 aromatic rings. The molecule has 1 aliphatic carbocycles. The Morgan fingerprint density at radius 1 is 1.36 bits per heavy atom. The SMILES string of the molecule is CCc1nn(C(C)c2ccccc2)c2c1C(CC#N)CCC2. The molecule has 3 rings (SSSR count). The summed E-state index contributed by atoms with van der Waals surface area (Å²) in [4.78, 5) is 0.